The molecule has 0 aliphatic carbocycles. The maximum Gasteiger partial charge on any atom is 0.573 e. The molecule has 2 rings (SSSR count). The minimum Gasteiger partial charge on any atom is -0.404 e. The van der Waals surface area contributed by atoms with E-state index in [-0.39, 0.29) is 12.2 Å². The molecule has 0 saturated carbocycles. The van der Waals surface area contributed by atoms with Gasteiger partial charge in [0, 0.05) is 11.6 Å². The highest BCUT2D eigenvalue weighted by Crippen LogP contribution is 2.29. The Morgan fingerprint density at radius 2 is 1.74 bits per heavy atom. The van der Waals surface area contributed by atoms with Crippen molar-refractivity contribution in [1.29, 1.82) is 0 Å². The first-order valence-corrected chi connectivity index (χ1v) is 6.85. The summed E-state index contributed by atoms with van der Waals surface area (Å²) in [5.74, 6) is -0.485. The number of carbonyl (C=O) groups excluding carboxylic acids is 1. The summed E-state index contributed by atoms with van der Waals surface area (Å²) in [7, 11) is 0. The predicted molar refractivity (Wildman–Crippen MR) is 80.4 cm³/mol. The number of anilines is 1. The van der Waals surface area contributed by atoms with Crippen LogP contribution in [0.4, 0.5) is 23.7 Å². The molecule has 122 valence electrons. The molecule has 2 aromatic carbocycles. The highest BCUT2D eigenvalue weighted by molar-refractivity contribution is 6.30. The Hall–Kier alpha value is -2.41. The van der Waals surface area contributed by atoms with Crippen molar-refractivity contribution >= 4 is 23.3 Å². The van der Waals surface area contributed by atoms with Crippen LogP contribution in [0.2, 0.25) is 5.02 Å². The fraction of sp³-hybridized carbons (Fsp3) is 0.133. The van der Waals surface area contributed by atoms with Crippen molar-refractivity contribution in [2.24, 2.45) is 0 Å². The highest BCUT2D eigenvalue weighted by Gasteiger charge is 2.32. The lowest BCUT2D eigenvalue weighted by atomic mass is 10.2. The molecule has 0 atom stereocenters. The van der Waals surface area contributed by atoms with E-state index in [2.05, 4.69) is 15.4 Å². The van der Waals surface area contributed by atoms with Gasteiger partial charge in [-0.3, -0.25) is 0 Å². The van der Waals surface area contributed by atoms with Gasteiger partial charge in [0.2, 0.25) is 0 Å². The van der Waals surface area contributed by atoms with Crippen molar-refractivity contribution in [3.05, 3.63) is 59.1 Å². The molecule has 2 aromatic rings. The number of ether oxygens (including phenoxy) is 1. The summed E-state index contributed by atoms with van der Waals surface area (Å²) < 4.78 is 40.8. The van der Waals surface area contributed by atoms with Gasteiger partial charge in [0.1, 0.15) is 0 Å². The predicted octanol–water partition coefficient (Wildman–Crippen LogP) is 4.56. The second-order valence-corrected chi connectivity index (χ2v) is 4.91. The molecular weight excluding hydrogens is 333 g/mol. The average Bonchev–Trinajstić information content (AvgIpc) is 2.47. The smallest absolute Gasteiger partial charge is 0.404 e. The molecule has 23 heavy (non-hydrogen) atoms. The monoisotopic (exact) mass is 344 g/mol. The molecule has 8 heteroatoms. The molecule has 0 heterocycles. The number of alkyl halides is 3. The number of hydrogen-bond donors (Lipinski definition) is 2. The van der Waals surface area contributed by atoms with Crippen LogP contribution in [-0.4, -0.2) is 12.4 Å². The second kappa shape index (κ2) is 7.23. The molecular formula is C15H12ClF3N2O2. The van der Waals surface area contributed by atoms with Gasteiger partial charge >= 0.3 is 12.4 Å². The zero-order valence-corrected chi connectivity index (χ0v) is 12.4. The number of urea groups is 1. The van der Waals surface area contributed by atoms with Crippen molar-refractivity contribution in [2.45, 2.75) is 12.9 Å². The Bertz CT molecular complexity index is 675. The average molecular weight is 345 g/mol. The van der Waals surface area contributed by atoms with Crippen LogP contribution < -0.4 is 15.4 Å². The van der Waals surface area contributed by atoms with Gasteiger partial charge in [-0.2, -0.15) is 0 Å². The zero-order chi connectivity index (χ0) is 16.9. The van der Waals surface area contributed by atoms with E-state index in [9.17, 15) is 18.0 Å². The van der Waals surface area contributed by atoms with Crippen molar-refractivity contribution in [3.8, 4) is 5.75 Å². The fourth-order valence-corrected chi connectivity index (χ4v) is 1.86. The van der Waals surface area contributed by atoms with Crippen LogP contribution in [0.5, 0.6) is 5.75 Å². The molecule has 0 bridgehead atoms. The largest absolute Gasteiger partial charge is 0.573 e. The molecule has 0 aliphatic heterocycles. The molecule has 0 saturated heterocycles. The molecule has 0 aliphatic rings. The first-order valence-electron chi connectivity index (χ1n) is 6.47. The zero-order valence-electron chi connectivity index (χ0n) is 11.7. The van der Waals surface area contributed by atoms with Gasteiger partial charge in [0.05, 0.1) is 5.69 Å². The van der Waals surface area contributed by atoms with E-state index in [0.717, 1.165) is 11.6 Å². The van der Waals surface area contributed by atoms with Gasteiger partial charge in [-0.25, -0.2) is 4.79 Å². The Morgan fingerprint density at radius 3 is 2.39 bits per heavy atom. The van der Waals surface area contributed by atoms with Crippen LogP contribution in [0, 0.1) is 0 Å². The van der Waals surface area contributed by atoms with Crippen LogP contribution in [0.25, 0.3) is 0 Å². The van der Waals surface area contributed by atoms with Gasteiger partial charge in [-0.05, 0) is 29.8 Å². The summed E-state index contributed by atoms with van der Waals surface area (Å²) in [4.78, 5) is 11.8. The van der Waals surface area contributed by atoms with E-state index in [0.29, 0.717) is 5.02 Å². The molecule has 0 fully saturated rings. The third kappa shape index (κ3) is 5.71. The van der Waals surface area contributed by atoms with Crippen molar-refractivity contribution in [1.82, 2.24) is 5.32 Å². The lowest BCUT2D eigenvalue weighted by Crippen LogP contribution is -2.28. The van der Waals surface area contributed by atoms with Crippen molar-refractivity contribution < 1.29 is 22.7 Å². The molecule has 2 amide bonds. The molecule has 0 unspecified atom stereocenters. The van der Waals surface area contributed by atoms with Crippen molar-refractivity contribution in [3.63, 3.8) is 0 Å². The van der Waals surface area contributed by atoms with Crippen LogP contribution in [0.1, 0.15) is 5.56 Å². The van der Waals surface area contributed by atoms with Crippen molar-refractivity contribution in [2.75, 3.05) is 5.32 Å². The van der Waals surface area contributed by atoms with E-state index in [1.807, 2.05) is 0 Å². The number of amides is 2. The minimum absolute atomic E-state index is 0.0848. The van der Waals surface area contributed by atoms with Gasteiger partial charge in [-0.1, -0.05) is 35.9 Å². The normalized spacial score (nSPS) is 11.0. The highest BCUT2D eigenvalue weighted by atomic mass is 35.5. The Morgan fingerprint density at radius 1 is 1.09 bits per heavy atom. The van der Waals surface area contributed by atoms with E-state index in [1.54, 1.807) is 24.3 Å². The van der Waals surface area contributed by atoms with Crippen LogP contribution in [0.3, 0.4) is 0 Å². The quantitative estimate of drug-likeness (QED) is 0.854. The Kier molecular flexibility index (Phi) is 5.33. The summed E-state index contributed by atoms with van der Waals surface area (Å²) in [6.45, 7) is 0.200. The summed E-state index contributed by atoms with van der Waals surface area (Å²) in [5.41, 5.74) is 0.711. The fourth-order valence-electron chi connectivity index (χ4n) is 1.73. The summed E-state index contributed by atoms with van der Waals surface area (Å²) in [6, 6.07) is 11.4. The number of hydrogen-bond acceptors (Lipinski definition) is 2. The van der Waals surface area contributed by atoms with Gasteiger partial charge in [-0.15, -0.1) is 13.2 Å². The lowest BCUT2D eigenvalue weighted by Gasteiger charge is -2.14. The minimum atomic E-state index is -4.84. The van der Waals surface area contributed by atoms with Crippen LogP contribution in [-0.2, 0) is 6.54 Å². The van der Waals surface area contributed by atoms with E-state index in [4.69, 9.17) is 11.6 Å². The summed E-state index contributed by atoms with van der Waals surface area (Å²) >= 11 is 5.75. The third-order valence-electron chi connectivity index (χ3n) is 2.73. The summed E-state index contributed by atoms with van der Waals surface area (Å²) in [6.07, 6.45) is -4.84. The number of para-hydroxylation sites is 2. The molecule has 0 spiro atoms. The standard InChI is InChI=1S/C15H12ClF3N2O2/c16-11-7-5-10(6-8-11)9-20-14(22)21-12-3-1-2-4-13(12)23-15(17,18)19/h1-8H,9H2,(H2,20,21,22). The Labute approximate surface area is 135 Å². The number of rotatable bonds is 4. The van der Waals surface area contributed by atoms with E-state index < -0.39 is 18.1 Å². The third-order valence-corrected chi connectivity index (χ3v) is 2.98. The number of carbonyl (C=O) groups is 1. The molecule has 0 aromatic heterocycles. The van der Waals surface area contributed by atoms with E-state index >= 15 is 0 Å². The van der Waals surface area contributed by atoms with Gasteiger partial charge < -0.3 is 15.4 Å². The summed E-state index contributed by atoms with van der Waals surface area (Å²) in [5, 5.41) is 5.41. The second-order valence-electron chi connectivity index (χ2n) is 4.48. The number of benzene rings is 2. The van der Waals surface area contributed by atoms with Gasteiger partial charge in [0.25, 0.3) is 0 Å². The Balaban J connectivity index is 1.96. The van der Waals surface area contributed by atoms with E-state index in [1.165, 1.54) is 18.2 Å². The molecule has 2 N–H and O–H groups in total. The number of nitrogens with one attached hydrogen (secondary N) is 2. The van der Waals surface area contributed by atoms with Crippen LogP contribution in [0.15, 0.2) is 48.5 Å². The first-order chi connectivity index (χ1) is 10.8. The first kappa shape index (κ1) is 17.0. The van der Waals surface area contributed by atoms with Crippen LogP contribution >= 0.6 is 11.6 Å². The SMILES string of the molecule is O=C(NCc1ccc(Cl)cc1)Nc1ccccc1OC(F)(F)F. The maximum atomic E-state index is 12.3. The lowest BCUT2D eigenvalue weighted by molar-refractivity contribution is -0.274. The molecule has 4 nitrogen and oxygen atoms in total. The van der Waals surface area contributed by atoms with Gasteiger partial charge in [0.15, 0.2) is 5.75 Å². The maximum absolute atomic E-state index is 12.3. The molecule has 0 radical (unpaired) electrons. The number of halogens is 4. The topological polar surface area (TPSA) is 50.4 Å².